The molecule has 0 atom stereocenters. The van der Waals surface area contributed by atoms with Crippen LogP contribution in [0.25, 0.3) is 0 Å². The average molecular weight is 238 g/mol. The molecule has 0 amide bonds. The van der Waals surface area contributed by atoms with Gasteiger partial charge in [-0.3, -0.25) is 4.79 Å². The zero-order valence-electron chi connectivity index (χ0n) is 10.4. The summed E-state index contributed by atoms with van der Waals surface area (Å²) >= 11 is 0. The van der Waals surface area contributed by atoms with Gasteiger partial charge in [0.15, 0.2) is 0 Å². The first-order valence-electron chi connectivity index (χ1n) is 5.61. The van der Waals surface area contributed by atoms with Crippen LogP contribution in [-0.4, -0.2) is 25.3 Å². The highest BCUT2D eigenvalue weighted by Gasteiger charge is 2.00. The number of carbonyl (C=O) groups is 1. The van der Waals surface area contributed by atoms with E-state index in [2.05, 4.69) is 0 Å². The molecule has 94 valence electrons. The van der Waals surface area contributed by atoms with Crippen molar-refractivity contribution in [3.05, 3.63) is 24.3 Å². The molecule has 0 aliphatic carbocycles. The number of rotatable bonds is 6. The monoisotopic (exact) mass is 238 g/mol. The first-order chi connectivity index (χ1) is 8.08. The summed E-state index contributed by atoms with van der Waals surface area (Å²) < 4.78 is 15.8. The second-order valence-electron chi connectivity index (χ2n) is 3.84. The van der Waals surface area contributed by atoms with E-state index in [0.717, 1.165) is 0 Å². The van der Waals surface area contributed by atoms with Gasteiger partial charge in [-0.1, -0.05) is 6.07 Å². The van der Waals surface area contributed by atoms with Crippen LogP contribution in [0.15, 0.2) is 24.3 Å². The Labute approximate surface area is 101 Å². The molecule has 1 aromatic carbocycles. The van der Waals surface area contributed by atoms with Crippen molar-refractivity contribution in [1.29, 1.82) is 0 Å². The van der Waals surface area contributed by atoms with Crippen LogP contribution in [0.5, 0.6) is 11.5 Å². The fourth-order valence-electron chi connectivity index (χ4n) is 1.24. The van der Waals surface area contributed by atoms with Gasteiger partial charge in [0.2, 0.25) is 0 Å². The highest BCUT2D eigenvalue weighted by Crippen LogP contribution is 2.19. The molecule has 1 rings (SSSR count). The van der Waals surface area contributed by atoms with Crippen LogP contribution in [0.1, 0.15) is 20.8 Å². The molecule has 0 fully saturated rings. The maximum atomic E-state index is 10.8. The SMILES string of the molecule is CC(=O)Oc1cccc(OCCOC(C)C)c1. The number of ether oxygens (including phenoxy) is 3. The van der Waals surface area contributed by atoms with E-state index in [1.807, 2.05) is 19.9 Å². The molecule has 17 heavy (non-hydrogen) atoms. The van der Waals surface area contributed by atoms with E-state index in [1.165, 1.54) is 6.92 Å². The highest BCUT2D eigenvalue weighted by molar-refractivity contribution is 5.69. The van der Waals surface area contributed by atoms with Crippen LogP contribution in [0.2, 0.25) is 0 Å². The topological polar surface area (TPSA) is 44.8 Å². The predicted molar refractivity (Wildman–Crippen MR) is 64.3 cm³/mol. The van der Waals surface area contributed by atoms with Crippen molar-refractivity contribution in [3.8, 4) is 11.5 Å². The van der Waals surface area contributed by atoms with Crippen molar-refractivity contribution >= 4 is 5.97 Å². The molecule has 0 aliphatic heterocycles. The molecule has 0 radical (unpaired) electrons. The number of hydrogen-bond acceptors (Lipinski definition) is 4. The first kappa shape index (κ1) is 13.5. The van der Waals surface area contributed by atoms with E-state index in [4.69, 9.17) is 14.2 Å². The Morgan fingerprint density at radius 2 is 1.94 bits per heavy atom. The lowest BCUT2D eigenvalue weighted by molar-refractivity contribution is -0.131. The maximum Gasteiger partial charge on any atom is 0.308 e. The van der Waals surface area contributed by atoms with E-state index in [-0.39, 0.29) is 12.1 Å². The van der Waals surface area contributed by atoms with Crippen molar-refractivity contribution in [1.82, 2.24) is 0 Å². The van der Waals surface area contributed by atoms with Crippen molar-refractivity contribution in [2.24, 2.45) is 0 Å². The molecular formula is C13H18O4. The molecule has 4 nitrogen and oxygen atoms in total. The molecule has 0 aliphatic rings. The molecule has 0 heterocycles. The smallest absolute Gasteiger partial charge is 0.308 e. The Kier molecular flexibility index (Phi) is 5.49. The lowest BCUT2D eigenvalue weighted by atomic mass is 10.3. The summed E-state index contributed by atoms with van der Waals surface area (Å²) in [7, 11) is 0. The van der Waals surface area contributed by atoms with Crippen molar-refractivity contribution in [3.63, 3.8) is 0 Å². The molecule has 0 aromatic heterocycles. The summed E-state index contributed by atoms with van der Waals surface area (Å²) in [6, 6.07) is 6.97. The minimum atomic E-state index is -0.342. The lowest BCUT2D eigenvalue weighted by Crippen LogP contribution is -2.11. The number of benzene rings is 1. The number of esters is 1. The lowest BCUT2D eigenvalue weighted by Gasteiger charge is -2.10. The maximum absolute atomic E-state index is 10.8. The first-order valence-corrected chi connectivity index (χ1v) is 5.61. The highest BCUT2D eigenvalue weighted by atomic mass is 16.5. The Bertz CT molecular complexity index is 360. The van der Waals surface area contributed by atoms with Gasteiger partial charge < -0.3 is 14.2 Å². The molecular weight excluding hydrogens is 220 g/mol. The summed E-state index contributed by atoms with van der Waals surface area (Å²) in [5.41, 5.74) is 0. The van der Waals surface area contributed by atoms with E-state index >= 15 is 0 Å². The zero-order chi connectivity index (χ0) is 12.7. The van der Waals surface area contributed by atoms with E-state index in [9.17, 15) is 4.79 Å². The molecule has 4 heteroatoms. The van der Waals surface area contributed by atoms with Crippen LogP contribution in [-0.2, 0) is 9.53 Å². The molecule has 0 N–H and O–H groups in total. The van der Waals surface area contributed by atoms with Gasteiger partial charge in [-0.15, -0.1) is 0 Å². The van der Waals surface area contributed by atoms with E-state index in [0.29, 0.717) is 24.7 Å². The third-order valence-corrected chi connectivity index (χ3v) is 1.87. The van der Waals surface area contributed by atoms with E-state index < -0.39 is 0 Å². The second kappa shape index (κ2) is 6.91. The largest absolute Gasteiger partial charge is 0.491 e. The quantitative estimate of drug-likeness (QED) is 0.434. The molecule has 0 bridgehead atoms. The molecule has 0 spiro atoms. The normalized spacial score (nSPS) is 10.4. The van der Waals surface area contributed by atoms with Gasteiger partial charge in [-0.25, -0.2) is 0 Å². The molecule has 0 saturated heterocycles. The summed E-state index contributed by atoms with van der Waals surface area (Å²) in [6.07, 6.45) is 0.200. The Hall–Kier alpha value is -1.55. The second-order valence-corrected chi connectivity index (χ2v) is 3.84. The van der Waals surface area contributed by atoms with Gasteiger partial charge in [0.25, 0.3) is 0 Å². The fourth-order valence-corrected chi connectivity index (χ4v) is 1.24. The van der Waals surface area contributed by atoms with Crippen LogP contribution >= 0.6 is 0 Å². The number of hydrogen-bond donors (Lipinski definition) is 0. The van der Waals surface area contributed by atoms with Gasteiger partial charge >= 0.3 is 5.97 Å². The van der Waals surface area contributed by atoms with Crippen LogP contribution in [0.3, 0.4) is 0 Å². The zero-order valence-corrected chi connectivity index (χ0v) is 10.4. The van der Waals surface area contributed by atoms with Gasteiger partial charge in [0.1, 0.15) is 18.1 Å². The predicted octanol–water partition coefficient (Wildman–Crippen LogP) is 2.42. The minimum absolute atomic E-state index is 0.200. The summed E-state index contributed by atoms with van der Waals surface area (Å²) in [4.78, 5) is 10.8. The van der Waals surface area contributed by atoms with Gasteiger partial charge in [0, 0.05) is 13.0 Å². The van der Waals surface area contributed by atoms with Crippen molar-refractivity contribution in [2.45, 2.75) is 26.9 Å². The Morgan fingerprint density at radius 3 is 2.59 bits per heavy atom. The minimum Gasteiger partial charge on any atom is -0.491 e. The molecule has 0 saturated carbocycles. The Balaban J connectivity index is 2.40. The Morgan fingerprint density at radius 1 is 1.24 bits per heavy atom. The number of carbonyl (C=O) groups excluding carboxylic acids is 1. The summed E-state index contributed by atoms with van der Waals surface area (Å²) in [5.74, 6) is 0.807. The third-order valence-electron chi connectivity index (χ3n) is 1.87. The summed E-state index contributed by atoms with van der Waals surface area (Å²) in [6.45, 7) is 6.32. The van der Waals surface area contributed by atoms with E-state index in [1.54, 1.807) is 18.2 Å². The van der Waals surface area contributed by atoms with Crippen LogP contribution < -0.4 is 9.47 Å². The van der Waals surface area contributed by atoms with Gasteiger partial charge in [0.05, 0.1) is 12.7 Å². The van der Waals surface area contributed by atoms with Gasteiger partial charge in [-0.05, 0) is 26.0 Å². The van der Waals surface area contributed by atoms with Crippen molar-refractivity contribution in [2.75, 3.05) is 13.2 Å². The standard InChI is InChI=1S/C13H18O4/c1-10(2)15-7-8-16-12-5-4-6-13(9-12)17-11(3)14/h4-6,9-10H,7-8H2,1-3H3. The summed E-state index contributed by atoms with van der Waals surface area (Å²) in [5, 5.41) is 0. The molecule has 1 aromatic rings. The van der Waals surface area contributed by atoms with Crippen LogP contribution in [0, 0.1) is 0 Å². The van der Waals surface area contributed by atoms with Gasteiger partial charge in [-0.2, -0.15) is 0 Å². The average Bonchev–Trinajstić information content (AvgIpc) is 2.24. The van der Waals surface area contributed by atoms with Crippen LogP contribution in [0.4, 0.5) is 0 Å². The fraction of sp³-hybridized carbons (Fsp3) is 0.462. The third kappa shape index (κ3) is 5.92. The van der Waals surface area contributed by atoms with Crippen molar-refractivity contribution < 1.29 is 19.0 Å². The molecule has 0 unspecified atom stereocenters.